The van der Waals surface area contributed by atoms with Gasteiger partial charge in [0.05, 0.1) is 12.6 Å². The molecule has 1 saturated heterocycles. The van der Waals surface area contributed by atoms with Gasteiger partial charge in [0.25, 0.3) is 5.91 Å². The number of hydrogen-bond donors (Lipinski definition) is 0. The second-order valence-electron chi connectivity index (χ2n) is 5.59. The van der Waals surface area contributed by atoms with Crippen LogP contribution in [0.3, 0.4) is 0 Å². The van der Waals surface area contributed by atoms with Gasteiger partial charge in [-0.25, -0.2) is 0 Å². The minimum absolute atomic E-state index is 0.0490. The van der Waals surface area contributed by atoms with Crippen molar-refractivity contribution in [3.8, 4) is 11.5 Å². The van der Waals surface area contributed by atoms with Crippen LogP contribution in [0.1, 0.15) is 23.2 Å². The maximum Gasteiger partial charge on any atom is 0.254 e. The molecule has 0 N–H and O–H groups in total. The van der Waals surface area contributed by atoms with Crippen molar-refractivity contribution in [1.29, 1.82) is 0 Å². The number of benzene rings is 1. The average Bonchev–Trinajstić information content (AvgIpc) is 3.27. The van der Waals surface area contributed by atoms with Crippen LogP contribution in [0.25, 0.3) is 0 Å². The Balaban J connectivity index is 1.53. The van der Waals surface area contributed by atoms with Crippen LogP contribution in [-0.2, 0) is 6.54 Å². The summed E-state index contributed by atoms with van der Waals surface area (Å²) in [7, 11) is 0. The van der Waals surface area contributed by atoms with Crippen LogP contribution in [0.4, 0.5) is 0 Å². The molecule has 4 rings (SSSR count). The van der Waals surface area contributed by atoms with Crippen LogP contribution >= 0.6 is 0 Å². The molecular weight excluding hydrogens is 282 g/mol. The molecule has 2 aliphatic heterocycles. The number of aromatic nitrogens is 2. The smallest absolute Gasteiger partial charge is 0.254 e. The van der Waals surface area contributed by atoms with Crippen LogP contribution in [0.5, 0.6) is 11.5 Å². The highest BCUT2D eigenvalue weighted by Crippen LogP contribution is 2.33. The van der Waals surface area contributed by atoms with Crippen molar-refractivity contribution in [1.82, 2.24) is 14.7 Å². The fourth-order valence-corrected chi connectivity index (χ4v) is 3.11. The van der Waals surface area contributed by atoms with Crippen molar-refractivity contribution in [3.63, 3.8) is 0 Å². The van der Waals surface area contributed by atoms with E-state index in [9.17, 15) is 4.79 Å². The summed E-state index contributed by atoms with van der Waals surface area (Å²) in [6, 6.07) is 7.47. The van der Waals surface area contributed by atoms with Crippen molar-refractivity contribution in [2.75, 3.05) is 13.3 Å². The van der Waals surface area contributed by atoms with E-state index < -0.39 is 0 Å². The fourth-order valence-electron chi connectivity index (χ4n) is 3.11. The van der Waals surface area contributed by atoms with Gasteiger partial charge in [0.1, 0.15) is 0 Å². The van der Waals surface area contributed by atoms with E-state index in [-0.39, 0.29) is 18.7 Å². The first-order valence-electron chi connectivity index (χ1n) is 7.49. The quantitative estimate of drug-likeness (QED) is 0.869. The molecule has 0 radical (unpaired) electrons. The van der Waals surface area contributed by atoms with E-state index in [0.717, 1.165) is 25.9 Å². The molecule has 0 unspecified atom stereocenters. The molecule has 1 fully saturated rings. The third kappa shape index (κ3) is 2.30. The molecule has 2 aromatic rings. The molecule has 0 spiro atoms. The van der Waals surface area contributed by atoms with Gasteiger partial charge in [0, 0.05) is 24.5 Å². The standard InChI is InChI=1S/C16H17N3O3/c20-16(12-4-5-14-15(9-12)22-11-21-14)19-8-1-3-13(19)10-18-7-2-6-17-18/h2,4-7,9,13H,1,3,8,10-11H2/t13-/m1/s1. The van der Waals surface area contributed by atoms with Gasteiger partial charge in [0.15, 0.2) is 11.5 Å². The summed E-state index contributed by atoms with van der Waals surface area (Å²) in [6.07, 6.45) is 5.73. The number of nitrogens with zero attached hydrogens (tertiary/aromatic N) is 3. The van der Waals surface area contributed by atoms with Gasteiger partial charge in [-0.1, -0.05) is 0 Å². The molecule has 1 aromatic heterocycles. The Morgan fingerprint density at radius 1 is 1.32 bits per heavy atom. The topological polar surface area (TPSA) is 56.6 Å². The lowest BCUT2D eigenvalue weighted by molar-refractivity contribution is 0.0721. The number of hydrogen-bond acceptors (Lipinski definition) is 4. The Morgan fingerprint density at radius 3 is 3.09 bits per heavy atom. The second-order valence-corrected chi connectivity index (χ2v) is 5.59. The Bertz CT molecular complexity index is 684. The number of amides is 1. The van der Waals surface area contributed by atoms with Crippen LogP contribution < -0.4 is 9.47 Å². The summed E-state index contributed by atoms with van der Waals surface area (Å²) in [5.41, 5.74) is 0.650. The largest absolute Gasteiger partial charge is 0.454 e. The first kappa shape index (κ1) is 13.2. The fraction of sp³-hybridized carbons (Fsp3) is 0.375. The predicted molar refractivity (Wildman–Crippen MR) is 78.9 cm³/mol. The Labute approximate surface area is 128 Å². The first-order chi connectivity index (χ1) is 10.8. The molecule has 114 valence electrons. The molecule has 0 aliphatic carbocycles. The highest BCUT2D eigenvalue weighted by Gasteiger charge is 2.30. The second kappa shape index (κ2) is 5.36. The zero-order valence-corrected chi connectivity index (χ0v) is 12.1. The highest BCUT2D eigenvalue weighted by atomic mass is 16.7. The van der Waals surface area contributed by atoms with Crippen molar-refractivity contribution in [3.05, 3.63) is 42.2 Å². The van der Waals surface area contributed by atoms with Crippen molar-refractivity contribution in [2.45, 2.75) is 25.4 Å². The van der Waals surface area contributed by atoms with Gasteiger partial charge in [-0.2, -0.15) is 5.10 Å². The van der Waals surface area contributed by atoms with Gasteiger partial charge in [-0.05, 0) is 37.1 Å². The van der Waals surface area contributed by atoms with Gasteiger partial charge < -0.3 is 14.4 Å². The minimum atomic E-state index is 0.0490. The van der Waals surface area contributed by atoms with E-state index in [1.807, 2.05) is 21.8 Å². The van der Waals surface area contributed by atoms with Crippen LogP contribution in [0.2, 0.25) is 0 Å². The molecule has 2 aliphatic rings. The lowest BCUT2D eigenvalue weighted by Crippen LogP contribution is -2.38. The number of ether oxygens (including phenoxy) is 2. The molecule has 3 heterocycles. The minimum Gasteiger partial charge on any atom is -0.454 e. The Hall–Kier alpha value is -2.50. The number of likely N-dealkylation sites (tertiary alicyclic amines) is 1. The molecular formula is C16H17N3O3. The zero-order valence-electron chi connectivity index (χ0n) is 12.1. The van der Waals surface area contributed by atoms with E-state index in [4.69, 9.17) is 9.47 Å². The number of fused-ring (bicyclic) bond motifs is 1. The molecule has 0 bridgehead atoms. The van der Waals surface area contributed by atoms with E-state index in [1.54, 1.807) is 24.4 Å². The predicted octanol–water partition coefficient (Wildman–Crippen LogP) is 1.92. The lowest BCUT2D eigenvalue weighted by Gasteiger charge is -2.25. The monoisotopic (exact) mass is 299 g/mol. The number of carbonyl (C=O) groups is 1. The molecule has 0 saturated carbocycles. The summed E-state index contributed by atoms with van der Waals surface area (Å²) >= 11 is 0. The van der Waals surface area contributed by atoms with Crippen LogP contribution in [0, 0.1) is 0 Å². The van der Waals surface area contributed by atoms with Crippen LogP contribution in [0.15, 0.2) is 36.7 Å². The number of rotatable bonds is 3. The molecule has 1 aromatic carbocycles. The van der Waals surface area contributed by atoms with Gasteiger partial charge >= 0.3 is 0 Å². The maximum atomic E-state index is 12.8. The molecule has 1 atom stereocenters. The normalized spacial score (nSPS) is 19.6. The lowest BCUT2D eigenvalue weighted by atomic mass is 10.1. The summed E-state index contributed by atoms with van der Waals surface area (Å²) in [4.78, 5) is 14.7. The molecule has 1 amide bonds. The van der Waals surface area contributed by atoms with Crippen molar-refractivity contribution in [2.24, 2.45) is 0 Å². The van der Waals surface area contributed by atoms with Crippen molar-refractivity contribution >= 4 is 5.91 Å². The Kier molecular flexibility index (Phi) is 3.21. The number of carbonyl (C=O) groups excluding carboxylic acids is 1. The average molecular weight is 299 g/mol. The summed E-state index contributed by atoms with van der Waals surface area (Å²) in [5, 5.41) is 4.24. The highest BCUT2D eigenvalue weighted by molar-refractivity contribution is 5.95. The maximum absolute atomic E-state index is 12.8. The van der Waals surface area contributed by atoms with Gasteiger partial charge in [0.2, 0.25) is 6.79 Å². The van der Waals surface area contributed by atoms with E-state index >= 15 is 0 Å². The summed E-state index contributed by atoms with van der Waals surface area (Å²) in [5.74, 6) is 1.40. The van der Waals surface area contributed by atoms with E-state index in [0.29, 0.717) is 17.1 Å². The zero-order chi connectivity index (χ0) is 14.9. The van der Waals surface area contributed by atoms with Gasteiger partial charge in [-0.15, -0.1) is 0 Å². The SMILES string of the molecule is O=C(c1ccc2c(c1)OCO2)N1CCC[C@@H]1Cn1cccn1. The van der Waals surface area contributed by atoms with E-state index in [2.05, 4.69) is 5.10 Å². The molecule has 6 nitrogen and oxygen atoms in total. The summed E-state index contributed by atoms with van der Waals surface area (Å²) < 4.78 is 12.5. The molecule has 6 heteroatoms. The van der Waals surface area contributed by atoms with E-state index in [1.165, 1.54) is 0 Å². The van der Waals surface area contributed by atoms with Crippen LogP contribution in [-0.4, -0.2) is 40.0 Å². The van der Waals surface area contributed by atoms with Gasteiger partial charge in [-0.3, -0.25) is 9.48 Å². The van der Waals surface area contributed by atoms with Crippen molar-refractivity contribution < 1.29 is 14.3 Å². The third-order valence-electron chi connectivity index (χ3n) is 4.21. The Morgan fingerprint density at radius 2 is 2.23 bits per heavy atom. The molecule has 22 heavy (non-hydrogen) atoms. The third-order valence-corrected chi connectivity index (χ3v) is 4.21. The summed E-state index contributed by atoms with van der Waals surface area (Å²) in [6.45, 7) is 1.75. The first-order valence-corrected chi connectivity index (χ1v) is 7.49.